The highest BCUT2D eigenvalue weighted by molar-refractivity contribution is 5.95. The highest BCUT2D eigenvalue weighted by atomic mass is 16.5. The van der Waals surface area contributed by atoms with Crippen LogP contribution in [0.1, 0.15) is 48.3 Å². The summed E-state index contributed by atoms with van der Waals surface area (Å²) in [6, 6.07) is 17.3. The van der Waals surface area contributed by atoms with Gasteiger partial charge < -0.3 is 25.6 Å². The number of nitrogen functional groups attached to an aromatic ring is 1. The zero-order valence-corrected chi connectivity index (χ0v) is 20.9. The van der Waals surface area contributed by atoms with Gasteiger partial charge in [-0.2, -0.15) is 0 Å². The van der Waals surface area contributed by atoms with Gasteiger partial charge in [0.1, 0.15) is 11.9 Å². The molecule has 0 bridgehead atoms. The predicted octanol–water partition coefficient (Wildman–Crippen LogP) is 4.15. The lowest BCUT2D eigenvalue weighted by Gasteiger charge is -2.22. The van der Waals surface area contributed by atoms with Gasteiger partial charge in [0.25, 0.3) is 5.91 Å². The number of ether oxygens (including phenoxy) is 2. The Bertz CT molecular complexity index is 1240. The minimum atomic E-state index is -1.04. The summed E-state index contributed by atoms with van der Waals surface area (Å²) in [4.78, 5) is 24.4. The van der Waals surface area contributed by atoms with Crippen LogP contribution in [-0.2, 0) is 4.79 Å². The van der Waals surface area contributed by atoms with Gasteiger partial charge in [-0.3, -0.25) is 21.1 Å². The molecule has 10 nitrogen and oxygen atoms in total. The molecule has 7 N–H and O–H groups in total. The maximum absolute atomic E-state index is 13.3. The summed E-state index contributed by atoms with van der Waals surface area (Å²) in [5.41, 5.74) is 13.5. The molecule has 0 heterocycles. The summed E-state index contributed by atoms with van der Waals surface area (Å²) in [6.45, 7) is 6.12. The molecule has 1 amide bonds. The number of hydrazine groups is 1. The number of anilines is 2. The summed E-state index contributed by atoms with van der Waals surface area (Å²) in [6.07, 6.45) is -0.0567. The summed E-state index contributed by atoms with van der Waals surface area (Å²) < 4.78 is 11.6. The molecule has 3 rings (SSSR count). The molecule has 0 saturated heterocycles. The molecular weight excluding hydrogens is 474 g/mol. The first kappa shape index (κ1) is 26.9. The Hall–Kier alpha value is -4.73. The van der Waals surface area contributed by atoms with E-state index in [4.69, 9.17) is 25.7 Å². The molecule has 0 radical (unpaired) electrons. The molecule has 194 valence electrons. The van der Waals surface area contributed by atoms with Crippen molar-refractivity contribution in [3.63, 3.8) is 0 Å². The average Bonchev–Trinajstić information content (AvgIpc) is 2.87. The number of rotatable bonds is 12. The van der Waals surface area contributed by atoms with Gasteiger partial charge in [-0.25, -0.2) is 4.79 Å². The van der Waals surface area contributed by atoms with Crippen LogP contribution >= 0.6 is 0 Å². The van der Waals surface area contributed by atoms with Gasteiger partial charge >= 0.3 is 5.97 Å². The van der Waals surface area contributed by atoms with Gasteiger partial charge in [-0.1, -0.05) is 6.07 Å². The van der Waals surface area contributed by atoms with Crippen molar-refractivity contribution in [3.05, 3.63) is 83.4 Å². The van der Waals surface area contributed by atoms with Crippen LogP contribution in [-0.4, -0.2) is 35.5 Å². The molecule has 0 spiro atoms. The lowest BCUT2D eigenvalue weighted by molar-refractivity contribution is -0.121. The van der Waals surface area contributed by atoms with Crippen molar-refractivity contribution in [1.82, 2.24) is 5.43 Å². The van der Waals surface area contributed by atoms with Crippen molar-refractivity contribution in [2.75, 3.05) is 17.3 Å². The van der Waals surface area contributed by atoms with Crippen LogP contribution in [0.3, 0.4) is 0 Å². The fraction of sp³-hybridized carbons (Fsp3) is 0.222. The van der Waals surface area contributed by atoms with E-state index in [0.717, 1.165) is 0 Å². The average molecular weight is 506 g/mol. The van der Waals surface area contributed by atoms with Crippen molar-refractivity contribution in [2.45, 2.75) is 32.9 Å². The smallest absolute Gasteiger partial charge is 0.335 e. The fourth-order valence-corrected chi connectivity index (χ4v) is 3.44. The molecule has 1 atom stereocenters. The number of hydrogen-bond acceptors (Lipinski definition) is 7. The largest absolute Gasteiger partial charge is 0.490 e. The minimum Gasteiger partial charge on any atom is -0.490 e. The number of amidine groups is 1. The molecule has 0 aliphatic heterocycles. The number of nitrogens with two attached hydrogens (primary N) is 1. The number of carboxylic acids is 1. The van der Waals surface area contributed by atoms with Crippen LogP contribution in [0.4, 0.5) is 11.4 Å². The normalized spacial score (nSPS) is 11.4. The number of nitrogens with one attached hydrogen (secondary N) is 4. The maximum Gasteiger partial charge on any atom is 0.335 e. The molecule has 1 unspecified atom stereocenters. The zero-order chi connectivity index (χ0) is 26.9. The SMILES string of the molecule is CCOc1cc(C(Nc2ccc(C(=N)N)cc2)C(=O)NNc2ccc(C(=O)O)cc2)ccc1OC(C)C. The first-order valence-electron chi connectivity index (χ1n) is 11.7. The van der Waals surface area contributed by atoms with Crippen LogP contribution in [0.5, 0.6) is 11.5 Å². The number of carbonyl (C=O) groups excluding carboxylic acids is 1. The number of hydrogen-bond donors (Lipinski definition) is 6. The zero-order valence-electron chi connectivity index (χ0n) is 20.9. The van der Waals surface area contributed by atoms with E-state index in [-0.39, 0.29) is 17.5 Å². The highest BCUT2D eigenvalue weighted by Crippen LogP contribution is 2.33. The molecule has 3 aromatic carbocycles. The molecule has 37 heavy (non-hydrogen) atoms. The van der Waals surface area contributed by atoms with E-state index in [1.807, 2.05) is 20.8 Å². The summed E-state index contributed by atoms with van der Waals surface area (Å²) >= 11 is 0. The molecular formula is C27H31N5O5. The van der Waals surface area contributed by atoms with Crippen molar-refractivity contribution < 1.29 is 24.2 Å². The fourth-order valence-electron chi connectivity index (χ4n) is 3.44. The number of carbonyl (C=O) groups is 2. The summed E-state index contributed by atoms with van der Waals surface area (Å²) in [5, 5.41) is 19.9. The van der Waals surface area contributed by atoms with Crippen LogP contribution in [0.25, 0.3) is 0 Å². The number of carboxylic acid groups (broad SMARTS) is 1. The van der Waals surface area contributed by atoms with Crippen LogP contribution in [0.2, 0.25) is 0 Å². The third-order valence-corrected chi connectivity index (χ3v) is 5.19. The lowest BCUT2D eigenvalue weighted by Crippen LogP contribution is -2.37. The van der Waals surface area contributed by atoms with E-state index in [1.165, 1.54) is 12.1 Å². The molecule has 0 aliphatic carbocycles. The van der Waals surface area contributed by atoms with Crippen LogP contribution in [0, 0.1) is 5.41 Å². The molecule has 0 aromatic heterocycles. The third-order valence-electron chi connectivity index (χ3n) is 5.19. The number of aromatic carboxylic acids is 1. The van der Waals surface area contributed by atoms with E-state index in [2.05, 4.69) is 16.2 Å². The molecule has 0 saturated carbocycles. The van der Waals surface area contributed by atoms with Gasteiger partial charge in [0.05, 0.1) is 24.0 Å². The van der Waals surface area contributed by atoms with Crippen LogP contribution in [0.15, 0.2) is 66.7 Å². The standard InChI is InChI=1S/C27H31N5O5/c1-4-36-23-15-19(9-14-22(23)37-16(2)3)24(30-20-10-5-17(6-11-20)25(28)29)26(33)32-31-21-12-7-18(8-13-21)27(34)35/h5-16,24,30-31H,4H2,1-3H3,(H3,28,29)(H,32,33)(H,34,35). The van der Waals surface area contributed by atoms with E-state index >= 15 is 0 Å². The van der Waals surface area contributed by atoms with Crippen molar-refractivity contribution >= 4 is 29.1 Å². The second-order valence-corrected chi connectivity index (χ2v) is 8.37. The van der Waals surface area contributed by atoms with Crippen molar-refractivity contribution in [3.8, 4) is 11.5 Å². The van der Waals surface area contributed by atoms with Crippen LogP contribution < -0.4 is 31.4 Å². The van der Waals surface area contributed by atoms with Gasteiger partial charge in [-0.05, 0) is 87.0 Å². The second kappa shape index (κ2) is 12.3. The quantitative estimate of drug-likeness (QED) is 0.122. The topological polar surface area (TPSA) is 159 Å². The van der Waals surface area contributed by atoms with E-state index < -0.39 is 17.9 Å². The first-order valence-corrected chi connectivity index (χ1v) is 11.7. The Kier molecular flexibility index (Phi) is 8.93. The van der Waals surface area contributed by atoms with Gasteiger partial charge in [0, 0.05) is 11.3 Å². The molecule has 0 fully saturated rings. The third kappa shape index (κ3) is 7.38. The summed E-state index contributed by atoms with van der Waals surface area (Å²) in [7, 11) is 0. The number of benzene rings is 3. The van der Waals surface area contributed by atoms with E-state index in [0.29, 0.717) is 40.6 Å². The van der Waals surface area contributed by atoms with Crippen molar-refractivity contribution in [2.24, 2.45) is 5.73 Å². The second-order valence-electron chi connectivity index (χ2n) is 8.37. The van der Waals surface area contributed by atoms with Gasteiger partial charge in [0.2, 0.25) is 0 Å². The Morgan fingerprint density at radius 3 is 2.14 bits per heavy atom. The van der Waals surface area contributed by atoms with E-state index in [9.17, 15) is 9.59 Å². The minimum absolute atomic E-state index is 0.0546. The number of amides is 1. The maximum atomic E-state index is 13.3. The highest BCUT2D eigenvalue weighted by Gasteiger charge is 2.23. The first-order chi connectivity index (χ1) is 17.7. The Labute approximate surface area is 215 Å². The molecule has 10 heteroatoms. The predicted molar refractivity (Wildman–Crippen MR) is 142 cm³/mol. The van der Waals surface area contributed by atoms with Gasteiger partial charge in [-0.15, -0.1) is 0 Å². The Balaban J connectivity index is 1.88. The van der Waals surface area contributed by atoms with E-state index in [1.54, 1.807) is 54.6 Å². The monoisotopic (exact) mass is 505 g/mol. The Morgan fingerprint density at radius 2 is 1.57 bits per heavy atom. The summed E-state index contributed by atoms with van der Waals surface area (Å²) in [5.74, 6) is -0.413. The van der Waals surface area contributed by atoms with Gasteiger partial charge in [0.15, 0.2) is 11.5 Å². The Morgan fingerprint density at radius 1 is 0.946 bits per heavy atom. The molecule has 0 aliphatic rings. The lowest BCUT2D eigenvalue weighted by atomic mass is 10.0. The van der Waals surface area contributed by atoms with Crippen molar-refractivity contribution in [1.29, 1.82) is 5.41 Å². The molecule has 3 aromatic rings.